The number of urea groups is 1. The zero-order chi connectivity index (χ0) is 15.2. The highest BCUT2D eigenvalue weighted by Crippen LogP contribution is 2.23. The molecule has 1 saturated heterocycles. The molecule has 1 aliphatic rings. The second-order valence-corrected chi connectivity index (χ2v) is 6.96. The average Bonchev–Trinajstić information content (AvgIpc) is 2.48. The zero-order valence-electron chi connectivity index (χ0n) is 11.1. The summed E-state index contributed by atoms with van der Waals surface area (Å²) < 4.78 is 13.5. The third-order valence-electron chi connectivity index (χ3n) is 2.84. The van der Waals surface area contributed by atoms with E-state index in [1.807, 2.05) is 11.8 Å². The lowest BCUT2D eigenvalue weighted by atomic mass is 10.2. The van der Waals surface area contributed by atoms with Gasteiger partial charge in [-0.2, -0.15) is 23.5 Å². The minimum absolute atomic E-state index is 0.0778. The summed E-state index contributed by atoms with van der Waals surface area (Å²) in [5, 5.41) is 14.2. The van der Waals surface area contributed by atoms with Crippen LogP contribution in [0.15, 0.2) is 18.2 Å². The molecule has 0 spiro atoms. The highest BCUT2D eigenvalue weighted by Gasteiger charge is 2.16. The molecule has 0 radical (unpaired) electrons. The van der Waals surface area contributed by atoms with Crippen molar-refractivity contribution in [1.29, 1.82) is 0 Å². The Bertz CT molecular complexity index is 536. The molecule has 0 saturated carbocycles. The lowest BCUT2D eigenvalue weighted by Crippen LogP contribution is -2.36. The summed E-state index contributed by atoms with van der Waals surface area (Å²) in [5.41, 5.74) is -0.219. The number of carbonyl (C=O) groups is 2. The Morgan fingerprint density at radius 2 is 2.19 bits per heavy atom. The second-order valence-electron chi connectivity index (χ2n) is 4.40. The summed E-state index contributed by atoms with van der Waals surface area (Å²) in [6, 6.07) is 2.74. The molecule has 2 rings (SSSR count). The lowest BCUT2D eigenvalue weighted by molar-refractivity contribution is 0.0697. The Balaban J connectivity index is 1.89. The molecule has 21 heavy (non-hydrogen) atoms. The van der Waals surface area contributed by atoms with Crippen molar-refractivity contribution in [2.45, 2.75) is 5.25 Å². The Hall–Kier alpha value is -1.41. The average molecular weight is 330 g/mol. The van der Waals surface area contributed by atoms with Crippen molar-refractivity contribution in [1.82, 2.24) is 5.32 Å². The molecule has 2 amide bonds. The largest absolute Gasteiger partial charge is 0.478 e. The van der Waals surface area contributed by atoms with Gasteiger partial charge in [-0.25, -0.2) is 14.0 Å². The predicted octanol–water partition coefficient (Wildman–Crippen LogP) is 2.49. The summed E-state index contributed by atoms with van der Waals surface area (Å²) in [7, 11) is 0. The number of benzene rings is 1. The maximum atomic E-state index is 13.5. The van der Waals surface area contributed by atoms with Crippen LogP contribution in [0.1, 0.15) is 10.4 Å². The number of carboxylic acids is 1. The molecule has 1 aromatic carbocycles. The topological polar surface area (TPSA) is 78.4 Å². The Kier molecular flexibility index (Phi) is 5.75. The van der Waals surface area contributed by atoms with Crippen LogP contribution in [0.5, 0.6) is 0 Å². The van der Waals surface area contributed by atoms with E-state index in [0.717, 1.165) is 35.5 Å². The molecule has 0 bridgehead atoms. The van der Waals surface area contributed by atoms with Crippen molar-refractivity contribution in [3.63, 3.8) is 0 Å². The van der Waals surface area contributed by atoms with Gasteiger partial charge in [0.05, 0.1) is 11.3 Å². The van der Waals surface area contributed by atoms with E-state index in [-0.39, 0.29) is 11.3 Å². The molecular formula is C13H15FN2O3S2. The number of carboxylic acid groups (broad SMARTS) is 1. The van der Waals surface area contributed by atoms with E-state index in [0.29, 0.717) is 11.8 Å². The van der Waals surface area contributed by atoms with Crippen molar-refractivity contribution < 1.29 is 19.1 Å². The molecule has 5 nitrogen and oxygen atoms in total. The summed E-state index contributed by atoms with van der Waals surface area (Å²) in [4.78, 5) is 22.6. The van der Waals surface area contributed by atoms with Crippen LogP contribution in [0.4, 0.5) is 14.9 Å². The Morgan fingerprint density at radius 3 is 2.86 bits per heavy atom. The zero-order valence-corrected chi connectivity index (χ0v) is 12.7. The van der Waals surface area contributed by atoms with Gasteiger partial charge < -0.3 is 15.7 Å². The van der Waals surface area contributed by atoms with Gasteiger partial charge in [0.25, 0.3) is 0 Å². The van der Waals surface area contributed by atoms with Crippen LogP contribution in [-0.2, 0) is 0 Å². The van der Waals surface area contributed by atoms with Crippen LogP contribution in [-0.4, -0.2) is 46.2 Å². The summed E-state index contributed by atoms with van der Waals surface area (Å²) in [6.07, 6.45) is 0. The predicted molar refractivity (Wildman–Crippen MR) is 84.0 cm³/mol. The molecule has 114 valence electrons. The van der Waals surface area contributed by atoms with Gasteiger partial charge in [0, 0.05) is 29.1 Å². The Labute approximate surface area is 130 Å². The molecule has 1 fully saturated rings. The fraction of sp³-hybridized carbons (Fsp3) is 0.385. The maximum absolute atomic E-state index is 13.5. The van der Waals surface area contributed by atoms with Gasteiger partial charge in [-0.1, -0.05) is 0 Å². The number of anilines is 1. The molecule has 1 aromatic rings. The van der Waals surface area contributed by atoms with E-state index in [4.69, 9.17) is 5.11 Å². The van der Waals surface area contributed by atoms with Crippen LogP contribution in [0.2, 0.25) is 0 Å². The van der Waals surface area contributed by atoms with Crippen LogP contribution in [0, 0.1) is 5.82 Å². The number of thioether (sulfide) groups is 2. The van der Waals surface area contributed by atoms with Crippen LogP contribution >= 0.6 is 23.5 Å². The SMILES string of the molecule is O=C(NCC1CSCCS1)Nc1cc(C(=O)O)ccc1F. The first kappa shape index (κ1) is 16.0. The van der Waals surface area contributed by atoms with E-state index < -0.39 is 17.8 Å². The van der Waals surface area contributed by atoms with Crippen LogP contribution in [0.3, 0.4) is 0 Å². The summed E-state index contributed by atoms with van der Waals surface area (Å²) in [6.45, 7) is 0.504. The monoisotopic (exact) mass is 330 g/mol. The standard InChI is InChI=1S/C13H15FN2O3S2/c14-10-2-1-8(12(17)18)5-11(10)16-13(19)15-6-9-7-20-3-4-21-9/h1-2,5,9H,3-4,6-7H2,(H,17,18)(H2,15,16,19). The number of aromatic carboxylic acids is 1. The Morgan fingerprint density at radius 1 is 1.38 bits per heavy atom. The molecule has 0 aromatic heterocycles. The first-order chi connectivity index (χ1) is 10.1. The first-order valence-corrected chi connectivity index (χ1v) is 8.53. The third kappa shape index (κ3) is 4.82. The highest BCUT2D eigenvalue weighted by molar-refractivity contribution is 8.06. The molecular weight excluding hydrogens is 315 g/mol. The van der Waals surface area contributed by atoms with E-state index in [9.17, 15) is 14.0 Å². The fourth-order valence-corrected chi connectivity index (χ4v) is 4.39. The minimum atomic E-state index is -1.17. The number of amides is 2. The first-order valence-electron chi connectivity index (χ1n) is 6.33. The number of hydrogen-bond donors (Lipinski definition) is 3. The van der Waals surface area contributed by atoms with Gasteiger partial charge in [0.1, 0.15) is 5.82 Å². The second kappa shape index (κ2) is 7.56. The molecule has 1 heterocycles. The van der Waals surface area contributed by atoms with Crippen LogP contribution < -0.4 is 10.6 Å². The van der Waals surface area contributed by atoms with E-state index in [1.165, 1.54) is 0 Å². The number of nitrogens with one attached hydrogen (secondary N) is 2. The lowest BCUT2D eigenvalue weighted by Gasteiger charge is -2.21. The number of halogens is 1. The quantitative estimate of drug-likeness (QED) is 0.790. The summed E-state index contributed by atoms with van der Waals surface area (Å²) in [5.74, 6) is 1.33. The minimum Gasteiger partial charge on any atom is -0.478 e. The number of carbonyl (C=O) groups excluding carboxylic acids is 1. The molecule has 1 unspecified atom stereocenters. The van der Waals surface area contributed by atoms with E-state index in [1.54, 1.807) is 11.8 Å². The van der Waals surface area contributed by atoms with Gasteiger partial charge in [0.15, 0.2) is 0 Å². The third-order valence-corrected chi connectivity index (χ3v) is 5.68. The van der Waals surface area contributed by atoms with Gasteiger partial charge in [-0.3, -0.25) is 0 Å². The van der Waals surface area contributed by atoms with Crippen molar-refractivity contribution >= 4 is 41.2 Å². The van der Waals surface area contributed by atoms with E-state index >= 15 is 0 Å². The van der Waals surface area contributed by atoms with Crippen molar-refractivity contribution in [3.05, 3.63) is 29.6 Å². The van der Waals surface area contributed by atoms with Gasteiger partial charge in [0.2, 0.25) is 0 Å². The van der Waals surface area contributed by atoms with Crippen molar-refractivity contribution in [2.75, 3.05) is 29.1 Å². The summed E-state index contributed by atoms with van der Waals surface area (Å²) >= 11 is 3.65. The molecule has 8 heteroatoms. The van der Waals surface area contributed by atoms with Crippen molar-refractivity contribution in [2.24, 2.45) is 0 Å². The number of rotatable bonds is 4. The molecule has 0 aliphatic carbocycles. The fourth-order valence-electron chi connectivity index (χ4n) is 1.78. The van der Waals surface area contributed by atoms with Gasteiger partial charge in [-0.05, 0) is 18.2 Å². The maximum Gasteiger partial charge on any atom is 0.335 e. The van der Waals surface area contributed by atoms with Gasteiger partial charge >= 0.3 is 12.0 Å². The van der Waals surface area contributed by atoms with Crippen LogP contribution in [0.25, 0.3) is 0 Å². The van der Waals surface area contributed by atoms with Crippen molar-refractivity contribution in [3.8, 4) is 0 Å². The van der Waals surface area contributed by atoms with Gasteiger partial charge in [-0.15, -0.1) is 0 Å². The molecule has 1 aliphatic heterocycles. The molecule has 3 N–H and O–H groups in total. The molecule has 1 atom stereocenters. The highest BCUT2D eigenvalue weighted by atomic mass is 32.2. The number of hydrogen-bond acceptors (Lipinski definition) is 4. The normalized spacial score (nSPS) is 18.0. The van der Waals surface area contributed by atoms with E-state index in [2.05, 4.69) is 10.6 Å². The smallest absolute Gasteiger partial charge is 0.335 e.